The molecule has 0 bridgehead atoms. The molecule has 5 aromatic heterocycles. The van der Waals surface area contributed by atoms with Crippen molar-refractivity contribution in [2.24, 2.45) is 0 Å². The van der Waals surface area contributed by atoms with Crippen LogP contribution in [0, 0.1) is 0 Å². The van der Waals surface area contributed by atoms with E-state index in [9.17, 15) is 0 Å². The van der Waals surface area contributed by atoms with Gasteiger partial charge in [0.05, 0.1) is 15.7 Å². The number of hydrogen-bond acceptors (Lipinski definition) is 6. The van der Waals surface area contributed by atoms with E-state index < -0.39 is 0 Å². The lowest BCUT2D eigenvalue weighted by Crippen LogP contribution is -2.21. The second kappa shape index (κ2) is 11.8. The Kier molecular flexibility index (Phi) is 7.76. The molecule has 6 heterocycles. The third-order valence-corrected chi connectivity index (χ3v) is 8.93. The number of allylic oxidation sites excluding steroid dienone is 3. The van der Waals surface area contributed by atoms with Crippen LogP contribution in [-0.4, -0.2) is 54.7 Å². The van der Waals surface area contributed by atoms with Gasteiger partial charge in [0.1, 0.15) is 16.9 Å². The first-order valence-corrected chi connectivity index (χ1v) is 15.0. The molecule has 0 aliphatic carbocycles. The first kappa shape index (κ1) is 27.1. The van der Waals surface area contributed by atoms with E-state index >= 15 is 0 Å². The van der Waals surface area contributed by atoms with Gasteiger partial charge < -0.3 is 9.88 Å². The second-order valence-electron chi connectivity index (χ2n) is 10.8. The Labute approximate surface area is 244 Å². The quantitative estimate of drug-likeness (QED) is 0.237. The van der Waals surface area contributed by atoms with Gasteiger partial charge in [0.25, 0.3) is 0 Å². The van der Waals surface area contributed by atoms with Crippen LogP contribution in [0.15, 0.2) is 55.5 Å². The number of thiophene rings is 1. The number of nitrogens with zero attached hydrogens (tertiary/aromatic N) is 5. The summed E-state index contributed by atoms with van der Waals surface area (Å²) >= 11 is 1.67. The van der Waals surface area contributed by atoms with E-state index in [1.54, 1.807) is 17.5 Å². The molecule has 41 heavy (non-hydrogen) atoms. The Morgan fingerprint density at radius 1 is 1.12 bits per heavy atom. The summed E-state index contributed by atoms with van der Waals surface area (Å²) in [5.41, 5.74) is 7.86. The number of aromatic nitrogens is 6. The molecule has 0 radical (unpaired) electrons. The predicted octanol–water partition coefficient (Wildman–Crippen LogP) is 5.83. The topological polar surface area (TPSA) is 86.4 Å². The second-order valence-corrected chi connectivity index (χ2v) is 11.9. The van der Waals surface area contributed by atoms with Gasteiger partial charge >= 0.3 is 0 Å². The van der Waals surface area contributed by atoms with Crippen molar-refractivity contribution in [3.05, 3.63) is 82.1 Å². The van der Waals surface area contributed by atoms with E-state index in [0.717, 1.165) is 60.2 Å². The highest BCUT2D eigenvalue weighted by molar-refractivity contribution is 7.16. The molecule has 0 unspecified atom stereocenters. The van der Waals surface area contributed by atoms with E-state index in [-0.39, 0.29) is 0 Å². The highest BCUT2D eigenvalue weighted by Gasteiger charge is 2.16. The Balaban J connectivity index is 1.22. The molecule has 2 N–H and O–H groups in total. The molecule has 7 nitrogen and oxygen atoms in total. The molecule has 0 spiro atoms. The van der Waals surface area contributed by atoms with Crippen molar-refractivity contribution in [1.29, 1.82) is 0 Å². The van der Waals surface area contributed by atoms with Crippen LogP contribution < -0.4 is 10.6 Å². The Morgan fingerprint density at radius 2 is 1.98 bits per heavy atom. The van der Waals surface area contributed by atoms with Crippen LogP contribution >= 0.6 is 11.3 Å². The van der Waals surface area contributed by atoms with Crippen LogP contribution in [0.1, 0.15) is 49.1 Å². The van der Waals surface area contributed by atoms with Crippen LogP contribution in [-0.2, 0) is 6.42 Å². The fourth-order valence-corrected chi connectivity index (χ4v) is 6.22. The lowest BCUT2D eigenvalue weighted by atomic mass is 10.0. The molecule has 5 aromatic rings. The molecule has 1 fully saturated rings. The van der Waals surface area contributed by atoms with Crippen molar-refractivity contribution in [1.82, 2.24) is 35.0 Å². The SMILES string of the molecule is C=C(C)c1ccc(-c2nccc3[nH]c(-c4n[nH]/c(=C/C=C(\C)c5cncc(CCCN6CCCC6)c5)c4=C)nc23)s1. The molecule has 1 saturated heterocycles. The molecule has 208 valence electrons. The minimum absolute atomic E-state index is 0.665. The molecule has 6 rings (SSSR count). The van der Waals surface area contributed by atoms with Crippen LogP contribution in [0.25, 0.3) is 56.9 Å². The number of nitrogens with one attached hydrogen (secondary N) is 2. The van der Waals surface area contributed by atoms with Gasteiger partial charge in [-0.2, -0.15) is 5.10 Å². The maximum atomic E-state index is 4.89. The molecule has 1 aliphatic rings. The Bertz CT molecular complexity index is 1850. The third kappa shape index (κ3) is 5.85. The van der Waals surface area contributed by atoms with E-state index in [4.69, 9.17) is 4.98 Å². The Morgan fingerprint density at radius 3 is 2.78 bits per heavy atom. The number of pyridine rings is 2. The number of likely N-dealkylation sites (tertiary alicyclic amines) is 1. The van der Waals surface area contributed by atoms with Gasteiger partial charge in [-0.3, -0.25) is 15.1 Å². The molecule has 1 aliphatic heterocycles. The van der Waals surface area contributed by atoms with Gasteiger partial charge in [0, 0.05) is 28.7 Å². The lowest BCUT2D eigenvalue weighted by Gasteiger charge is -2.14. The lowest BCUT2D eigenvalue weighted by molar-refractivity contribution is 0.334. The van der Waals surface area contributed by atoms with Crippen LogP contribution in [0.3, 0.4) is 0 Å². The summed E-state index contributed by atoms with van der Waals surface area (Å²) in [5.74, 6) is 0.665. The van der Waals surface area contributed by atoms with E-state index in [0.29, 0.717) is 11.5 Å². The highest BCUT2D eigenvalue weighted by Crippen LogP contribution is 2.34. The maximum Gasteiger partial charge on any atom is 0.159 e. The summed E-state index contributed by atoms with van der Waals surface area (Å²) < 4.78 is 0. The van der Waals surface area contributed by atoms with Gasteiger partial charge in [0.15, 0.2) is 5.82 Å². The zero-order chi connectivity index (χ0) is 28.3. The van der Waals surface area contributed by atoms with Crippen molar-refractivity contribution in [3.8, 4) is 22.1 Å². The van der Waals surface area contributed by atoms with Gasteiger partial charge in [-0.1, -0.05) is 19.2 Å². The van der Waals surface area contributed by atoms with E-state index in [2.05, 4.69) is 74.4 Å². The predicted molar refractivity (Wildman–Crippen MR) is 171 cm³/mol. The van der Waals surface area contributed by atoms with Crippen molar-refractivity contribution in [2.45, 2.75) is 39.5 Å². The summed E-state index contributed by atoms with van der Waals surface area (Å²) in [6.45, 7) is 16.2. The number of fused-ring (bicyclic) bond motifs is 1. The standard InChI is InChI=1S/C33H35N7S/c1-21(2)28-11-12-29(41-28)32-31-27(13-14-35-32)36-33(37-31)30-23(4)26(38-39-30)10-9-22(3)25-18-24(19-34-20-25)8-7-17-40-15-5-6-16-40/h9-14,18-20,38H,1,4-8,15-17H2,2-3H3,(H,36,37)/b22-9+,26-10+. The van der Waals surface area contributed by atoms with Crippen molar-refractivity contribution in [3.63, 3.8) is 0 Å². The Hall–Kier alpha value is -4.14. The number of aryl methyl sites for hydroxylation is 1. The normalized spacial score (nSPS) is 14.9. The number of imidazole rings is 1. The average molecular weight is 562 g/mol. The third-order valence-electron chi connectivity index (χ3n) is 7.67. The minimum Gasteiger partial charge on any atom is -0.336 e. The van der Waals surface area contributed by atoms with Gasteiger partial charge in [-0.25, -0.2) is 4.98 Å². The monoisotopic (exact) mass is 561 g/mol. The van der Waals surface area contributed by atoms with Crippen molar-refractivity contribution in [2.75, 3.05) is 19.6 Å². The largest absolute Gasteiger partial charge is 0.336 e. The summed E-state index contributed by atoms with van der Waals surface area (Å²) in [4.78, 5) is 22.2. The minimum atomic E-state index is 0.665. The van der Waals surface area contributed by atoms with Crippen molar-refractivity contribution >= 4 is 46.2 Å². The first-order chi connectivity index (χ1) is 20.0. The number of hydrogen-bond donors (Lipinski definition) is 2. The molecule has 8 heteroatoms. The van der Waals surface area contributed by atoms with E-state index in [1.165, 1.54) is 44.5 Å². The molecule has 0 amide bonds. The van der Waals surface area contributed by atoms with E-state index in [1.807, 2.05) is 31.5 Å². The summed E-state index contributed by atoms with van der Waals surface area (Å²) in [5, 5.41) is 9.32. The van der Waals surface area contributed by atoms with Crippen molar-refractivity contribution < 1.29 is 0 Å². The fourth-order valence-electron chi connectivity index (χ4n) is 5.29. The molecule has 0 aromatic carbocycles. The first-order valence-electron chi connectivity index (χ1n) is 14.2. The van der Waals surface area contributed by atoms with Gasteiger partial charge in [0.2, 0.25) is 0 Å². The molecular weight excluding hydrogens is 526 g/mol. The summed E-state index contributed by atoms with van der Waals surface area (Å²) in [6, 6.07) is 8.35. The molecular formula is C33H35N7S. The zero-order valence-corrected chi connectivity index (χ0v) is 24.5. The van der Waals surface area contributed by atoms with Crippen LogP contribution in [0.5, 0.6) is 0 Å². The number of rotatable bonds is 9. The van der Waals surface area contributed by atoms with Crippen LogP contribution in [0.2, 0.25) is 0 Å². The maximum absolute atomic E-state index is 4.89. The number of aromatic amines is 2. The molecule has 0 saturated carbocycles. The fraction of sp³-hybridized carbons (Fsp3) is 0.273. The smallest absolute Gasteiger partial charge is 0.159 e. The van der Waals surface area contributed by atoms with Gasteiger partial charge in [-0.15, -0.1) is 11.3 Å². The van der Waals surface area contributed by atoms with Crippen LogP contribution in [0.4, 0.5) is 0 Å². The highest BCUT2D eigenvalue weighted by atomic mass is 32.1. The summed E-state index contributed by atoms with van der Waals surface area (Å²) in [6.07, 6.45) is 14.7. The zero-order valence-electron chi connectivity index (χ0n) is 23.7. The van der Waals surface area contributed by atoms with Gasteiger partial charge in [-0.05, 0) is 112 Å². The molecule has 0 atom stereocenters. The average Bonchev–Trinajstić information content (AvgIpc) is 3.79. The number of H-pyrrole nitrogens is 2. The summed E-state index contributed by atoms with van der Waals surface area (Å²) in [7, 11) is 0.